The van der Waals surface area contributed by atoms with Crippen LogP contribution in [0.4, 0.5) is 13.2 Å². The van der Waals surface area contributed by atoms with E-state index in [2.05, 4.69) is 9.98 Å². The monoisotopic (exact) mass is 348 g/mol. The second-order valence-electron chi connectivity index (χ2n) is 5.54. The van der Waals surface area contributed by atoms with Gasteiger partial charge in [-0.05, 0) is 31.2 Å². The molecule has 1 aliphatic heterocycles. The Morgan fingerprint density at radius 2 is 1.20 bits per heavy atom. The van der Waals surface area contributed by atoms with Crippen molar-refractivity contribution in [3.63, 3.8) is 0 Å². The van der Waals surface area contributed by atoms with Crippen LogP contribution in [0.2, 0.25) is 0 Å². The molecule has 0 aromatic heterocycles. The molecule has 0 unspecified atom stereocenters. The lowest BCUT2D eigenvalue weighted by Gasteiger charge is -2.29. The maximum Gasteiger partial charge on any atom is 0.433 e. The number of para-hydroxylation sites is 2. The molecule has 0 saturated carbocycles. The second kappa shape index (κ2) is 6.58. The minimum absolute atomic E-state index is 0.0739. The number of hydrogen-bond acceptors (Lipinski definition) is 4. The van der Waals surface area contributed by atoms with Gasteiger partial charge in [0, 0.05) is 0 Å². The van der Waals surface area contributed by atoms with E-state index in [-0.39, 0.29) is 18.2 Å². The molecule has 1 aliphatic rings. The summed E-state index contributed by atoms with van der Waals surface area (Å²) in [5, 5.41) is 0. The fourth-order valence-electron chi connectivity index (χ4n) is 2.21. The maximum absolute atomic E-state index is 13.4. The average Bonchev–Trinajstić information content (AvgIpc) is 2.55. The Labute approximate surface area is 142 Å². The first-order valence-corrected chi connectivity index (χ1v) is 7.56. The Morgan fingerprint density at radius 1 is 0.800 bits per heavy atom. The molecule has 2 aromatic rings. The zero-order chi connectivity index (χ0) is 17.9. The van der Waals surface area contributed by atoms with Crippen molar-refractivity contribution in [3.05, 3.63) is 60.7 Å². The van der Waals surface area contributed by atoms with Crippen LogP contribution in [-0.2, 0) is 0 Å². The molecule has 130 valence electrons. The van der Waals surface area contributed by atoms with Crippen molar-refractivity contribution in [2.45, 2.75) is 25.2 Å². The van der Waals surface area contributed by atoms with E-state index in [1.807, 2.05) is 0 Å². The standard InChI is InChI=1S/C18H15F3N2O2/c1-17(18(19,20)21)22-15(24-13-8-4-2-5-9-13)12-16(23-17)25-14-10-6-3-7-11-14/h2-11H,12H2,1H3. The molecule has 0 amide bonds. The van der Waals surface area contributed by atoms with E-state index in [9.17, 15) is 13.2 Å². The van der Waals surface area contributed by atoms with Gasteiger partial charge in [-0.3, -0.25) is 0 Å². The zero-order valence-corrected chi connectivity index (χ0v) is 13.3. The highest BCUT2D eigenvalue weighted by Gasteiger charge is 2.54. The highest BCUT2D eigenvalue weighted by atomic mass is 19.4. The Bertz CT molecular complexity index is 729. The van der Waals surface area contributed by atoms with E-state index < -0.39 is 11.8 Å². The first kappa shape index (κ1) is 17.0. The third-order valence-corrected chi connectivity index (χ3v) is 3.48. The molecule has 0 saturated heterocycles. The van der Waals surface area contributed by atoms with Crippen LogP contribution in [-0.4, -0.2) is 23.6 Å². The van der Waals surface area contributed by atoms with E-state index in [1.54, 1.807) is 60.7 Å². The van der Waals surface area contributed by atoms with Crippen molar-refractivity contribution in [2.24, 2.45) is 9.98 Å². The van der Waals surface area contributed by atoms with Gasteiger partial charge in [-0.1, -0.05) is 36.4 Å². The molecule has 0 radical (unpaired) electrons. The van der Waals surface area contributed by atoms with Crippen molar-refractivity contribution in [3.8, 4) is 11.5 Å². The molecule has 0 fully saturated rings. The molecule has 3 rings (SSSR count). The van der Waals surface area contributed by atoms with Crippen LogP contribution in [0.25, 0.3) is 0 Å². The fraction of sp³-hybridized carbons (Fsp3) is 0.222. The van der Waals surface area contributed by atoms with Crippen molar-refractivity contribution in [1.82, 2.24) is 0 Å². The summed E-state index contributed by atoms with van der Waals surface area (Å²) >= 11 is 0. The Hall–Kier alpha value is -2.83. The smallest absolute Gasteiger partial charge is 0.433 e. The van der Waals surface area contributed by atoms with Gasteiger partial charge < -0.3 is 9.47 Å². The Kier molecular flexibility index (Phi) is 4.48. The molecule has 25 heavy (non-hydrogen) atoms. The van der Waals surface area contributed by atoms with Crippen LogP contribution in [0.1, 0.15) is 13.3 Å². The second-order valence-corrected chi connectivity index (χ2v) is 5.54. The molecule has 0 aliphatic carbocycles. The highest BCUT2D eigenvalue weighted by Crippen LogP contribution is 2.37. The lowest BCUT2D eigenvalue weighted by molar-refractivity contribution is -0.178. The molecule has 0 atom stereocenters. The largest absolute Gasteiger partial charge is 0.443 e. The number of nitrogens with zero attached hydrogens (tertiary/aromatic N) is 2. The topological polar surface area (TPSA) is 43.2 Å². The summed E-state index contributed by atoms with van der Waals surface area (Å²) in [6.07, 6.45) is -4.75. The van der Waals surface area contributed by atoms with Crippen molar-refractivity contribution in [2.75, 3.05) is 0 Å². The predicted octanol–water partition coefficient (Wildman–Crippen LogP) is 4.62. The minimum atomic E-state index is -4.68. The molecule has 0 bridgehead atoms. The van der Waals surface area contributed by atoms with E-state index in [1.165, 1.54) is 0 Å². The average molecular weight is 348 g/mol. The lowest BCUT2D eigenvalue weighted by atomic mass is 10.1. The summed E-state index contributed by atoms with van der Waals surface area (Å²) in [7, 11) is 0. The quantitative estimate of drug-likeness (QED) is 0.794. The number of hydrogen-bond donors (Lipinski definition) is 0. The van der Waals surface area contributed by atoms with Gasteiger partial charge in [-0.15, -0.1) is 0 Å². The van der Waals surface area contributed by atoms with Crippen molar-refractivity contribution >= 4 is 11.8 Å². The number of aliphatic imine (C=N–C) groups is 2. The van der Waals surface area contributed by atoms with Crippen LogP contribution in [0.5, 0.6) is 11.5 Å². The molecule has 0 N–H and O–H groups in total. The van der Waals surface area contributed by atoms with Gasteiger partial charge in [0.25, 0.3) is 0 Å². The lowest BCUT2D eigenvalue weighted by Crippen LogP contribution is -2.44. The number of alkyl halides is 3. The summed E-state index contributed by atoms with van der Waals surface area (Å²) in [6.45, 7) is 0.884. The molecule has 4 nitrogen and oxygen atoms in total. The van der Waals surface area contributed by atoms with E-state index in [0.29, 0.717) is 11.5 Å². The highest BCUT2D eigenvalue weighted by molar-refractivity contribution is 6.00. The number of rotatable bonds is 2. The minimum Gasteiger partial charge on any atom is -0.443 e. The third-order valence-electron chi connectivity index (χ3n) is 3.48. The normalized spacial score (nSPS) is 16.6. The van der Waals surface area contributed by atoms with Crippen LogP contribution in [0.3, 0.4) is 0 Å². The van der Waals surface area contributed by atoms with Crippen LogP contribution in [0.15, 0.2) is 70.6 Å². The number of halogens is 3. The zero-order valence-electron chi connectivity index (χ0n) is 13.3. The van der Waals surface area contributed by atoms with Crippen LogP contribution >= 0.6 is 0 Å². The van der Waals surface area contributed by atoms with Crippen molar-refractivity contribution < 1.29 is 22.6 Å². The van der Waals surface area contributed by atoms with Gasteiger partial charge in [0.1, 0.15) is 17.9 Å². The number of benzene rings is 2. The third kappa shape index (κ3) is 3.99. The first-order valence-electron chi connectivity index (χ1n) is 7.56. The number of ether oxygens (including phenoxy) is 2. The van der Waals surface area contributed by atoms with Crippen LogP contribution in [0, 0.1) is 0 Å². The molecule has 0 spiro atoms. The van der Waals surface area contributed by atoms with Gasteiger partial charge >= 0.3 is 6.18 Å². The predicted molar refractivity (Wildman–Crippen MR) is 88.1 cm³/mol. The summed E-state index contributed by atoms with van der Waals surface area (Å²) in [5.41, 5.74) is -2.65. The molecular formula is C18H15F3N2O2. The molecule has 2 aromatic carbocycles. The first-order chi connectivity index (χ1) is 11.9. The van der Waals surface area contributed by atoms with Gasteiger partial charge in [-0.25, -0.2) is 9.98 Å². The Balaban J connectivity index is 1.89. The fourth-order valence-corrected chi connectivity index (χ4v) is 2.21. The van der Waals surface area contributed by atoms with Crippen molar-refractivity contribution in [1.29, 1.82) is 0 Å². The van der Waals surface area contributed by atoms with Crippen LogP contribution < -0.4 is 9.47 Å². The summed E-state index contributed by atoms with van der Waals surface area (Å²) < 4.78 is 51.3. The van der Waals surface area contributed by atoms with E-state index >= 15 is 0 Å². The maximum atomic E-state index is 13.4. The van der Waals surface area contributed by atoms with Gasteiger partial charge in [-0.2, -0.15) is 13.2 Å². The van der Waals surface area contributed by atoms with Gasteiger partial charge in [0.15, 0.2) is 0 Å². The van der Waals surface area contributed by atoms with Gasteiger partial charge in [0.05, 0.1) is 0 Å². The van der Waals surface area contributed by atoms with E-state index in [0.717, 1.165) is 6.92 Å². The summed E-state index contributed by atoms with van der Waals surface area (Å²) in [6, 6.07) is 17.0. The van der Waals surface area contributed by atoms with E-state index in [4.69, 9.17) is 9.47 Å². The summed E-state index contributed by atoms with van der Waals surface area (Å²) in [4.78, 5) is 7.35. The van der Waals surface area contributed by atoms with Gasteiger partial charge in [0.2, 0.25) is 17.5 Å². The molecular weight excluding hydrogens is 333 g/mol. The molecule has 1 heterocycles. The summed E-state index contributed by atoms with van der Waals surface area (Å²) in [5.74, 6) is 0.581. The Morgan fingerprint density at radius 3 is 1.56 bits per heavy atom. The molecule has 7 heteroatoms. The SMILES string of the molecule is CC1(C(F)(F)F)N=C(Oc2ccccc2)CC(Oc2ccccc2)=N1.